The van der Waals surface area contributed by atoms with Gasteiger partial charge in [-0.1, -0.05) is 44.2 Å². The summed E-state index contributed by atoms with van der Waals surface area (Å²) in [6.07, 6.45) is 0.919. The van der Waals surface area contributed by atoms with Crippen LogP contribution in [0, 0.1) is 0 Å². The van der Waals surface area contributed by atoms with E-state index in [9.17, 15) is 4.79 Å². The molecule has 0 aromatic heterocycles. The number of hydrogen-bond acceptors (Lipinski definition) is 2. The third-order valence-corrected chi connectivity index (χ3v) is 4.30. The van der Waals surface area contributed by atoms with Gasteiger partial charge in [0.05, 0.1) is 6.54 Å². The Morgan fingerprint density at radius 2 is 2.04 bits per heavy atom. The number of nitrogens with one attached hydrogen (secondary N) is 1. The first-order valence-electron chi connectivity index (χ1n) is 8.51. The van der Waals surface area contributed by atoms with Gasteiger partial charge >= 0.3 is 6.03 Å². The van der Waals surface area contributed by atoms with E-state index in [0.717, 1.165) is 24.4 Å². The second kappa shape index (κ2) is 7.39. The van der Waals surface area contributed by atoms with Gasteiger partial charge in [0, 0.05) is 12.2 Å². The zero-order valence-corrected chi connectivity index (χ0v) is 14.3. The Bertz CT molecular complexity index is 712. The van der Waals surface area contributed by atoms with Crippen molar-refractivity contribution < 1.29 is 9.53 Å². The number of fused-ring (bicyclic) bond motifs is 1. The first-order chi connectivity index (χ1) is 11.6. The van der Waals surface area contributed by atoms with Crippen molar-refractivity contribution in [3.63, 3.8) is 0 Å². The Balaban J connectivity index is 1.47. The summed E-state index contributed by atoms with van der Waals surface area (Å²) in [7, 11) is 0. The molecule has 0 aliphatic carbocycles. The number of rotatable bonds is 5. The lowest BCUT2D eigenvalue weighted by Gasteiger charge is -2.18. The molecule has 126 valence electrons. The average Bonchev–Trinajstić information content (AvgIpc) is 3.03. The minimum absolute atomic E-state index is 0.0560. The van der Waals surface area contributed by atoms with Gasteiger partial charge in [-0.05, 0) is 41.7 Å². The molecule has 0 spiro atoms. The van der Waals surface area contributed by atoms with Crippen molar-refractivity contribution in [3.8, 4) is 5.75 Å². The summed E-state index contributed by atoms with van der Waals surface area (Å²) in [6, 6.07) is 16.1. The predicted octanol–water partition coefficient (Wildman–Crippen LogP) is 3.96. The maximum Gasteiger partial charge on any atom is 0.322 e. The van der Waals surface area contributed by atoms with Crippen LogP contribution >= 0.6 is 0 Å². The van der Waals surface area contributed by atoms with Gasteiger partial charge in [-0.15, -0.1) is 0 Å². The standard InChI is InChI=1S/C20H24N2O2/c1-15(2)17-7-5-8-18(14-17)24-13-11-21-20(23)22-12-10-16-6-3-4-9-19(16)22/h3-9,14-15H,10-13H2,1-2H3,(H,21,23). The molecule has 1 aliphatic rings. The van der Waals surface area contributed by atoms with Crippen LogP contribution in [0.4, 0.5) is 10.5 Å². The number of carbonyl (C=O) groups excluding carboxylic acids is 1. The quantitative estimate of drug-likeness (QED) is 0.846. The predicted molar refractivity (Wildman–Crippen MR) is 96.9 cm³/mol. The van der Waals surface area contributed by atoms with Crippen LogP contribution in [0.25, 0.3) is 0 Å². The Kier molecular flexibility index (Phi) is 5.04. The molecule has 24 heavy (non-hydrogen) atoms. The lowest BCUT2D eigenvalue weighted by Crippen LogP contribution is -2.40. The van der Waals surface area contributed by atoms with Crippen LogP contribution in [0.15, 0.2) is 48.5 Å². The SMILES string of the molecule is CC(C)c1cccc(OCCNC(=O)N2CCc3ccccc32)c1. The van der Waals surface area contributed by atoms with Crippen LogP contribution in [0.2, 0.25) is 0 Å². The molecular weight excluding hydrogens is 300 g/mol. The van der Waals surface area contributed by atoms with Crippen LogP contribution in [-0.4, -0.2) is 25.7 Å². The van der Waals surface area contributed by atoms with Crippen LogP contribution in [0.5, 0.6) is 5.75 Å². The molecule has 0 unspecified atom stereocenters. The van der Waals surface area contributed by atoms with E-state index in [1.165, 1.54) is 11.1 Å². The Morgan fingerprint density at radius 1 is 1.21 bits per heavy atom. The van der Waals surface area contributed by atoms with Gasteiger partial charge in [0.25, 0.3) is 0 Å². The summed E-state index contributed by atoms with van der Waals surface area (Å²) in [5.74, 6) is 1.32. The Hall–Kier alpha value is -2.49. The van der Waals surface area contributed by atoms with E-state index in [1.54, 1.807) is 4.90 Å². The molecule has 2 aromatic carbocycles. The van der Waals surface area contributed by atoms with E-state index in [2.05, 4.69) is 37.4 Å². The zero-order chi connectivity index (χ0) is 16.9. The number of hydrogen-bond donors (Lipinski definition) is 1. The molecule has 0 fully saturated rings. The largest absolute Gasteiger partial charge is 0.492 e. The fourth-order valence-corrected chi connectivity index (χ4v) is 2.93. The highest BCUT2D eigenvalue weighted by molar-refractivity contribution is 5.94. The van der Waals surface area contributed by atoms with E-state index < -0.39 is 0 Å². The number of carbonyl (C=O) groups is 1. The van der Waals surface area contributed by atoms with Gasteiger partial charge < -0.3 is 10.1 Å². The number of nitrogens with zero attached hydrogens (tertiary/aromatic N) is 1. The number of para-hydroxylation sites is 1. The van der Waals surface area contributed by atoms with E-state index in [1.807, 2.05) is 30.3 Å². The van der Waals surface area contributed by atoms with Crippen LogP contribution in [0.3, 0.4) is 0 Å². The fraction of sp³-hybridized carbons (Fsp3) is 0.350. The summed E-state index contributed by atoms with van der Waals surface area (Å²) in [5.41, 5.74) is 3.50. The number of benzene rings is 2. The normalized spacial score (nSPS) is 13.0. The van der Waals surface area contributed by atoms with Crippen molar-refractivity contribution in [3.05, 3.63) is 59.7 Å². The molecule has 2 amide bonds. The van der Waals surface area contributed by atoms with E-state index >= 15 is 0 Å². The van der Waals surface area contributed by atoms with Crippen LogP contribution in [0.1, 0.15) is 30.9 Å². The molecule has 0 atom stereocenters. The van der Waals surface area contributed by atoms with Gasteiger partial charge in [0.2, 0.25) is 0 Å². The molecule has 4 nitrogen and oxygen atoms in total. The smallest absolute Gasteiger partial charge is 0.322 e. The van der Waals surface area contributed by atoms with Crippen LogP contribution < -0.4 is 15.0 Å². The topological polar surface area (TPSA) is 41.6 Å². The third-order valence-electron chi connectivity index (χ3n) is 4.30. The van der Waals surface area contributed by atoms with Crippen molar-refractivity contribution in [1.29, 1.82) is 0 Å². The molecule has 0 radical (unpaired) electrons. The molecular formula is C20H24N2O2. The molecule has 0 bridgehead atoms. The second-order valence-electron chi connectivity index (χ2n) is 6.34. The second-order valence-corrected chi connectivity index (χ2v) is 6.34. The monoisotopic (exact) mass is 324 g/mol. The molecule has 2 aromatic rings. The molecule has 3 rings (SSSR count). The zero-order valence-electron chi connectivity index (χ0n) is 14.3. The molecule has 1 heterocycles. The number of anilines is 1. The molecule has 0 saturated heterocycles. The maximum absolute atomic E-state index is 12.3. The van der Waals surface area contributed by atoms with Gasteiger partial charge in [0.15, 0.2) is 0 Å². The molecule has 0 saturated carbocycles. The summed E-state index contributed by atoms with van der Waals surface area (Å²) < 4.78 is 5.75. The van der Waals surface area contributed by atoms with E-state index in [0.29, 0.717) is 19.1 Å². The minimum atomic E-state index is -0.0560. The Morgan fingerprint density at radius 3 is 2.88 bits per heavy atom. The lowest BCUT2D eigenvalue weighted by atomic mass is 10.0. The average molecular weight is 324 g/mol. The van der Waals surface area contributed by atoms with E-state index in [-0.39, 0.29) is 6.03 Å². The number of amides is 2. The first-order valence-corrected chi connectivity index (χ1v) is 8.51. The maximum atomic E-state index is 12.3. The van der Waals surface area contributed by atoms with Crippen LogP contribution in [-0.2, 0) is 6.42 Å². The Labute approximate surface area is 143 Å². The van der Waals surface area contributed by atoms with E-state index in [4.69, 9.17) is 4.74 Å². The third kappa shape index (κ3) is 3.70. The highest BCUT2D eigenvalue weighted by atomic mass is 16.5. The van der Waals surface area contributed by atoms with Crippen molar-refractivity contribution in [1.82, 2.24) is 5.32 Å². The van der Waals surface area contributed by atoms with Gasteiger partial charge in [-0.25, -0.2) is 4.79 Å². The van der Waals surface area contributed by atoms with Gasteiger partial charge in [0.1, 0.15) is 12.4 Å². The number of urea groups is 1. The summed E-state index contributed by atoms with van der Waals surface area (Å²) in [5, 5.41) is 2.94. The summed E-state index contributed by atoms with van der Waals surface area (Å²) in [4.78, 5) is 14.1. The van der Waals surface area contributed by atoms with Crippen molar-refractivity contribution >= 4 is 11.7 Å². The lowest BCUT2D eigenvalue weighted by molar-refractivity contribution is 0.242. The molecule has 4 heteroatoms. The highest BCUT2D eigenvalue weighted by Crippen LogP contribution is 2.27. The summed E-state index contributed by atoms with van der Waals surface area (Å²) >= 11 is 0. The van der Waals surface area contributed by atoms with Gasteiger partial charge in [-0.2, -0.15) is 0 Å². The van der Waals surface area contributed by atoms with Crippen molar-refractivity contribution in [2.75, 3.05) is 24.6 Å². The summed E-state index contributed by atoms with van der Waals surface area (Å²) in [6.45, 7) is 6.01. The van der Waals surface area contributed by atoms with Crippen molar-refractivity contribution in [2.24, 2.45) is 0 Å². The minimum Gasteiger partial charge on any atom is -0.492 e. The van der Waals surface area contributed by atoms with Crippen molar-refractivity contribution in [2.45, 2.75) is 26.2 Å². The number of ether oxygens (including phenoxy) is 1. The first kappa shape index (κ1) is 16.4. The molecule has 1 N–H and O–H groups in total. The highest BCUT2D eigenvalue weighted by Gasteiger charge is 2.23. The van der Waals surface area contributed by atoms with Gasteiger partial charge in [-0.3, -0.25) is 4.90 Å². The fourth-order valence-electron chi connectivity index (χ4n) is 2.93. The molecule has 1 aliphatic heterocycles.